The lowest BCUT2D eigenvalue weighted by molar-refractivity contribution is 0.0697. The molecule has 0 heterocycles. The summed E-state index contributed by atoms with van der Waals surface area (Å²) in [5.74, 6) is -1.22. The molecule has 0 spiro atoms. The van der Waals surface area contributed by atoms with Gasteiger partial charge in [-0.1, -0.05) is 18.5 Å². The molecule has 0 aliphatic heterocycles. The number of carboxylic acid groups (broad SMARTS) is 1. The molecule has 6 heteroatoms. The summed E-state index contributed by atoms with van der Waals surface area (Å²) in [4.78, 5) is 10.9. The summed E-state index contributed by atoms with van der Waals surface area (Å²) >= 11 is 5.81. The molecule has 16 heavy (non-hydrogen) atoms. The van der Waals surface area contributed by atoms with E-state index in [4.69, 9.17) is 16.7 Å². The first-order chi connectivity index (χ1) is 7.31. The minimum absolute atomic E-state index is 0.0259. The molecule has 1 rings (SSSR count). The van der Waals surface area contributed by atoms with Crippen molar-refractivity contribution in [2.24, 2.45) is 0 Å². The molecule has 0 fully saturated rings. The quantitative estimate of drug-likeness (QED) is 0.906. The second-order valence-electron chi connectivity index (χ2n) is 3.26. The number of carboxylic acids is 1. The number of aromatic carboxylic acids is 1. The molecule has 0 saturated carbocycles. The molecule has 4 nitrogen and oxygen atoms in total. The van der Waals surface area contributed by atoms with E-state index in [1.165, 1.54) is 26.0 Å². The standard InChI is InChI=1S/C10H11ClO4S/c1-3-16(14,15)8-5-4-7(10(12)13)9(11)6(8)2/h4-5H,3H2,1-2H3,(H,12,13). The highest BCUT2D eigenvalue weighted by Crippen LogP contribution is 2.27. The molecule has 1 N–H and O–H groups in total. The van der Waals surface area contributed by atoms with Crippen LogP contribution < -0.4 is 0 Å². The summed E-state index contributed by atoms with van der Waals surface area (Å²) in [6.07, 6.45) is 0. The van der Waals surface area contributed by atoms with Crippen molar-refractivity contribution in [1.82, 2.24) is 0 Å². The lowest BCUT2D eigenvalue weighted by Gasteiger charge is -2.09. The Morgan fingerprint density at radius 1 is 1.44 bits per heavy atom. The summed E-state index contributed by atoms with van der Waals surface area (Å²) in [5, 5.41) is 8.78. The molecule has 0 radical (unpaired) electrons. The Hall–Kier alpha value is -1.07. The van der Waals surface area contributed by atoms with Gasteiger partial charge in [-0.3, -0.25) is 0 Å². The van der Waals surface area contributed by atoms with Gasteiger partial charge in [0.25, 0.3) is 0 Å². The normalized spacial score (nSPS) is 11.4. The molecule has 0 amide bonds. The SMILES string of the molecule is CCS(=O)(=O)c1ccc(C(=O)O)c(Cl)c1C. The van der Waals surface area contributed by atoms with E-state index in [1.807, 2.05) is 0 Å². The van der Waals surface area contributed by atoms with Crippen molar-refractivity contribution in [3.8, 4) is 0 Å². The molecule has 88 valence electrons. The van der Waals surface area contributed by atoms with Gasteiger partial charge in [0.2, 0.25) is 0 Å². The first-order valence-corrected chi connectivity index (χ1v) is 6.59. The summed E-state index contributed by atoms with van der Waals surface area (Å²) in [6, 6.07) is 2.49. The largest absolute Gasteiger partial charge is 0.478 e. The third-order valence-electron chi connectivity index (χ3n) is 2.28. The van der Waals surface area contributed by atoms with Gasteiger partial charge in [0.05, 0.1) is 21.2 Å². The van der Waals surface area contributed by atoms with Crippen LogP contribution in [-0.4, -0.2) is 25.2 Å². The second kappa shape index (κ2) is 4.43. The van der Waals surface area contributed by atoms with Gasteiger partial charge < -0.3 is 5.11 Å². The van der Waals surface area contributed by atoms with E-state index in [2.05, 4.69) is 0 Å². The van der Waals surface area contributed by atoms with Crippen molar-refractivity contribution in [1.29, 1.82) is 0 Å². The minimum atomic E-state index is -3.37. The van der Waals surface area contributed by atoms with Gasteiger partial charge in [0.1, 0.15) is 0 Å². The fraction of sp³-hybridized carbons (Fsp3) is 0.300. The third-order valence-corrected chi connectivity index (χ3v) is 4.64. The van der Waals surface area contributed by atoms with Crippen LogP contribution in [0.25, 0.3) is 0 Å². The van der Waals surface area contributed by atoms with Crippen molar-refractivity contribution in [2.45, 2.75) is 18.7 Å². The minimum Gasteiger partial charge on any atom is -0.478 e. The van der Waals surface area contributed by atoms with Crippen LogP contribution in [0.4, 0.5) is 0 Å². The highest BCUT2D eigenvalue weighted by molar-refractivity contribution is 7.91. The van der Waals surface area contributed by atoms with Gasteiger partial charge in [-0.2, -0.15) is 0 Å². The average molecular weight is 263 g/mol. The first kappa shape index (κ1) is 13.0. The zero-order valence-corrected chi connectivity index (χ0v) is 10.4. The third kappa shape index (κ3) is 2.20. The van der Waals surface area contributed by atoms with Crippen molar-refractivity contribution < 1.29 is 18.3 Å². The number of halogens is 1. The topological polar surface area (TPSA) is 71.4 Å². The van der Waals surface area contributed by atoms with Crippen molar-refractivity contribution in [3.63, 3.8) is 0 Å². The van der Waals surface area contributed by atoms with Gasteiger partial charge in [0.15, 0.2) is 9.84 Å². The fourth-order valence-electron chi connectivity index (χ4n) is 1.32. The number of benzene rings is 1. The molecule has 0 aliphatic rings. The monoisotopic (exact) mass is 262 g/mol. The van der Waals surface area contributed by atoms with E-state index < -0.39 is 15.8 Å². The zero-order valence-electron chi connectivity index (χ0n) is 8.82. The van der Waals surface area contributed by atoms with Crippen LogP contribution in [0, 0.1) is 6.92 Å². The van der Waals surface area contributed by atoms with Gasteiger partial charge in [-0.15, -0.1) is 0 Å². The van der Waals surface area contributed by atoms with E-state index in [0.29, 0.717) is 0 Å². The first-order valence-electron chi connectivity index (χ1n) is 4.56. The molecule has 1 aromatic carbocycles. The zero-order chi connectivity index (χ0) is 12.5. The van der Waals surface area contributed by atoms with Gasteiger partial charge >= 0.3 is 5.97 Å². The molecular formula is C10H11ClO4S. The molecule has 1 aromatic rings. The highest BCUT2D eigenvalue weighted by Gasteiger charge is 2.20. The van der Waals surface area contributed by atoms with Crippen molar-refractivity contribution >= 4 is 27.4 Å². The second-order valence-corrected chi connectivity index (χ2v) is 5.88. The molecule has 0 saturated heterocycles. The lowest BCUT2D eigenvalue weighted by atomic mass is 10.1. The Morgan fingerprint density at radius 3 is 2.44 bits per heavy atom. The van der Waals surface area contributed by atoms with Gasteiger partial charge in [-0.25, -0.2) is 13.2 Å². The van der Waals surface area contributed by atoms with Crippen LogP contribution in [0.3, 0.4) is 0 Å². The number of rotatable bonds is 3. The van der Waals surface area contributed by atoms with E-state index in [1.54, 1.807) is 0 Å². The molecule has 0 aliphatic carbocycles. The predicted octanol–water partition coefficient (Wildman–Crippen LogP) is 2.14. The molecule has 0 bridgehead atoms. The maximum Gasteiger partial charge on any atom is 0.337 e. The smallest absolute Gasteiger partial charge is 0.337 e. The van der Waals surface area contributed by atoms with Crippen LogP contribution in [0.15, 0.2) is 17.0 Å². The Balaban J connectivity index is 3.51. The Labute approximate surface area is 98.8 Å². The number of carbonyl (C=O) groups is 1. The Bertz CT molecular complexity index is 534. The summed E-state index contributed by atoms with van der Waals surface area (Å²) in [7, 11) is -3.37. The Kier molecular flexibility index (Phi) is 3.60. The van der Waals surface area contributed by atoms with Crippen LogP contribution >= 0.6 is 11.6 Å². The average Bonchev–Trinajstić information content (AvgIpc) is 2.21. The summed E-state index contributed by atoms with van der Waals surface area (Å²) in [5.41, 5.74) is 0.192. The molecule has 0 unspecified atom stereocenters. The van der Waals surface area contributed by atoms with Crippen molar-refractivity contribution in [3.05, 3.63) is 28.3 Å². The number of hydrogen-bond donors (Lipinski definition) is 1. The van der Waals surface area contributed by atoms with Gasteiger partial charge in [0, 0.05) is 0 Å². The van der Waals surface area contributed by atoms with Crippen LogP contribution in [0.2, 0.25) is 5.02 Å². The lowest BCUT2D eigenvalue weighted by Crippen LogP contribution is -2.08. The van der Waals surface area contributed by atoms with E-state index in [0.717, 1.165) is 0 Å². The molecule has 0 atom stereocenters. The van der Waals surface area contributed by atoms with Crippen LogP contribution in [0.1, 0.15) is 22.8 Å². The molecular weight excluding hydrogens is 252 g/mol. The van der Waals surface area contributed by atoms with Crippen LogP contribution in [0.5, 0.6) is 0 Å². The van der Waals surface area contributed by atoms with Crippen molar-refractivity contribution in [2.75, 3.05) is 5.75 Å². The van der Waals surface area contributed by atoms with Crippen LogP contribution in [-0.2, 0) is 9.84 Å². The van der Waals surface area contributed by atoms with E-state index >= 15 is 0 Å². The summed E-state index contributed by atoms with van der Waals surface area (Å²) < 4.78 is 23.3. The molecule has 0 aromatic heterocycles. The van der Waals surface area contributed by atoms with Gasteiger partial charge in [-0.05, 0) is 24.6 Å². The number of hydrogen-bond acceptors (Lipinski definition) is 3. The van der Waals surface area contributed by atoms with E-state index in [-0.39, 0.29) is 26.8 Å². The predicted molar refractivity (Wildman–Crippen MR) is 60.9 cm³/mol. The number of sulfone groups is 1. The van der Waals surface area contributed by atoms with E-state index in [9.17, 15) is 13.2 Å². The fourth-order valence-corrected chi connectivity index (χ4v) is 2.78. The Morgan fingerprint density at radius 2 is 2.00 bits per heavy atom. The maximum atomic E-state index is 11.6. The summed E-state index contributed by atoms with van der Waals surface area (Å²) in [6.45, 7) is 3.02. The maximum absolute atomic E-state index is 11.6. The highest BCUT2D eigenvalue weighted by atomic mass is 35.5.